The summed E-state index contributed by atoms with van der Waals surface area (Å²) in [5.41, 5.74) is 0. The second kappa shape index (κ2) is 5.04. The summed E-state index contributed by atoms with van der Waals surface area (Å²) in [6.07, 6.45) is 0. The number of alkyl halides is 1. The molecule has 0 bridgehead atoms. The van der Waals surface area contributed by atoms with Crippen LogP contribution in [0.1, 0.15) is 0 Å². The van der Waals surface area contributed by atoms with E-state index in [2.05, 4.69) is 4.18 Å². The van der Waals surface area contributed by atoms with E-state index in [0.717, 1.165) is 0 Å². The van der Waals surface area contributed by atoms with Gasteiger partial charge in [0.2, 0.25) is 32.1 Å². The van der Waals surface area contributed by atoms with Gasteiger partial charge >= 0.3 is 35.1 Å². The summed E-state index contributed by atoms with van der Waals surface area (Å²) in [4.78, 5) is 0. The van der Waals surface area contributed by atoms with E-state index in [1.54, 1.807) is 0 Å². The predicted octanol–water partition coefficient (Wildman–Crippen LogP) is -4.88. The third-order valence-corrected chi connectivity index (χ3v) is 16.9. The van der Waals surface area contributed by atoms with E-state index in [0.29, 0.717) is 0 Å². The first kappa shape index (κ1) is 19.6. The first-order chi connectivity index (χ1) is 9.54. The fourth-order valence-corrected chi connectivity index (χ4v) is 12.9. The number of hydrogen-bond acceptors (Lipinski definition) is 13. The zero-order valence-corrected chi connectivity index (χ0v) is 14.4. The SMILES string of the molecule is O=[SH](=O)C(F)([SH](=O)=O)S(=O)(=O)OC1([SH](=O)=O)S(=O)(=O)S1(=O)=O. The summed E-state index contributed by atoms with van der Waals surface area (Å²) in [5, 5.41) is 0. The normalized spacial score (nSPS) is 22.9. The van der Waals surface area contributed by atoms with Crippen LogP contribution < -0.4 is 0 Å². The maximum absolute atomic E-state index is 13.6. The van der Waals surface area contributed by atoms with E-state index in [9.17, 15) is 54.9 Å². The van der Waals surface area contributed by atoms with Crippen molar-refractivity contribution >= 4 is 60.0 Å². The number of halogens is 1. The molecule has 20 heteroatoms. The van der Waals surface area contributed by atoms with Crippen molar-refractivity contribution < 1.29 is 59.1 Å². The zero-order chi connectivity index (χ0) is 17.9. The Labute approximate surface area is 126 Å². The number of thiol groups is 3. The van der Waals surface area contributed by atoms with Crippen molar-refractivity contribution in [1.29, 1.82) is 0 Å². The Kier molecular flexibility index (Phi) is 4.50. The predicted molar refractivity (Wildman–Crippen MR) is 65.4 cm³/mol. The molecule has 0 N–H and O–H groups in total. The highest BCUT2D eigenvalue weighted by Crippen LogP contribution is 2.52. The molecule has 0 amide bonds. The van der Waals surface area contributed by atoms with Crippen molar-refractivity contribution in [3.05, 3.63) is 0 Å². The molecule has 1 aliphatic heterocycles. The molecular formula is C2H3FO13S6. The highest BCUT2D eigenvalue weighted by molar-refractivity contribution is 8.87. The van der Waals surface area contributed by atoms with Gasteiger partial charge in [0.05, 0.1) is 0 Å². The van der Waals surface area contributed by atoms with Gasteiger partial charge in [0.15, 0.2) is 0 Å². The monoisotopic (exact) mass is 446 g/mol. The van der Waals surface area contributed by atoms with Gasteiger partial charge in [-0.15, -0.1) is 0 Å². The fourth-order valence-electron chi connectivity index (χ4n) is 1.00. The smallest absolute Gasteiger partial charge is 0.226 e. The van der Waals surface area contributed by atoms with Gasteiger partial charge in [-0.2, -0.15) is 12.8 Å². The second-order valence-electron chi connectivity index (χ2n) is 3.27. The van der Waals surface area contributed by atoms with Crippen molar-refractivity contribution in [3.63, 3.8) is 0 Å². The highest BCUT2D eigenvalue weighted by Gasteiger charge is 2.88. The molecule has 0 aromatic heterocycles. The van der Waals surface area contributed by atoms with E-state index in [-0.39, 0.29) is 0 Å². The van der Waals surface area contributed by atoms with Gasteiger partial charge < -0.3 is 0 Å². The van der Waals surface area contributed by atoms with Crippen LogP contribution in [0.4, 0.5) is 4.39 Å². The molecule has 0 spiro atoms. The maximum Gasteiger partial charge on any atom is 0.425 e. The molecule has 0 atom stereocenters. The zero-order valence-electron chi connectivity index (χ0n) is 9.25. The summed E-state index contributed by atoms with van der Waals surface area (Å²) in [6.45, 7) is 0. The van der Waals surface area contributed by atoms with Crippen LogP contribution in [0.3, 0.4) is 0 Å². The molecule has 1 saturated heterocycles. The fraction of sp³-hybridized carbons (Fsp3) is 1.00. The standard InChI is InChI=1S/C2H3FO13S6/c3-1(17(4)5,18(6)7)20(10,11)16-2(19(8)9)21(12,13)22(2,14)15/h17-19H. The quantitative estimate of drug-likeness (QED) is 0.151. The Morgan fingerprint density at radius 1 is 0.864 bits per heavy atom. The van der Waals surface area contributed by atoms with E-state index in [4.69, 9.17) is 0 Å². The van der Waals surface area contributed by atoms with Crippen LogP contribution in [0.15, 0.2) is 0 Å². The molecule has 1 rings (SSSR count). The lowest BCUT2D eigenvalue weighted by molar-refractivity contribution is 0.295. The largest absolute Gasteiger partial charge is 0.425 e. The van der Waals surface area contributed by atoms with Gasteiger partial charge in [-0.05, 0) is 0 Å². The average molecular weight is 446 g/mol. The second-order valence-corrected chi connectivity index (χ2v) is 15.7. The van der Waals surface area contributed by atoms with Crippen LogP contribution in [-0.2, 0) is 64.2 Å². The molecule has 13 nitrogen and oxygen atoms in total. The minimum atomic E-state index is -6.70. The topological polar surface area (TPSA) is 214 Å². The van der Waals surface area contributed by atoms with Crippen LogP contribution in [0.25, 0.3) is 0 Å². The Bertz CT molecular complexity index is 979. The first-order valence-corrected chi connectivity index (χ1v) is 12.5. The lowest BCUT2D eigenvalue weighted by Crippen LogP contribution is -2.42. The third-order valence-electron chi connectivity index (χ3n) is 2.10. The third kappa shape index (κ3) is 2.04. The van der Waals surface area contributed by atoms with Crippen LogP contribution in [0, 0.1) is 0 Å². The molecule has 0 saturated carbocycles. The maximum atomic E-state index is 13.6. The van der Waals surface area contributed by atoms with E-state index in [1.807, 2.05) is 0 Å². The average Bonchev–Trinajstić information content (AvgIpc) is 2.65. The molecule has 22 heavy (non-hydrogen) atoms. The van der Waals surface area contributed by atoms with Crippen LogP contribution in [0.5, 0.6) is 0 Å². The van der Waals surface area contributed by atoms with Crippen molar-refractivity contribution in [3.8, 4) is 0 Å². The Balaban J connectivity index is 3.74. The molecule has 1 heterocycles. The Morgan fingerprint density at radius 2 is 1.18 bits per heavy atom. The molecule has 1 aliphatic rings. The summed E-state index contributed by atoms with van der Waals surface area (Å²) < 4.78 is 137. The van der Waals surface area contributed by atoms with Gasteiger partial charge in [0.25, 0.3) is 0 Å². The minimum Gasteiger partial charge on any atom is -0.226 e. The van der Waals surface area contributed by atoms with E-state index >= 15 is 0 Å². The first-order valence-electron chi connectivity index (χ1n) is 4.11. The minimum absolute atomic E-state index is 3.17. The van der Waals surface area contributed by atoms with Gasteiger partial charge in [-0.25, -0.2) is 46.3 Å². The Hall–Kier alpha value is -0.410. The molecule has 1 fully saturated rings. The Morgan fingerprint density at radius 3 is 1.36 bits per heavy atom. The van der Waals surface area contributed by atoms with Gasteiger partial charge in [-0.1, -0.05) is 0 Å². The van der Waals surface area contributed by atoms with E-state index < -0.39 is 67.2 Å². The van der Waals surface area contributed by atoms with Crippen LogP contribution in [-0.4, -0.2) is 57.8 Å². The van der Waals surface area contributed by atoms with Gasteiger partial charge in [-0.3, -0.25) is 0 Å². The summed E-state index contributed by atoms with van der Waals surface area (Å²) in [7, 11) is -33.2. The number of hydrogen-bond donors (Lipinski definition) is 3. The van der Waals surface area contributed by atoms with Gasteiger partial charge in [0.1, 0.15) is 0 Å². The van der Waals surface area contributed by atoms with Crippen molar-refractivity contribution in [2.45, 2.75) is 7.26 Å². The van der Waals surface area contributed by atoms with Crippen LogP contribution >= 0.6 is 0 Å². The van der Waals surface area contributed by atoms with Gasteiger partial charge in [0, 0.05) is 0 Å². The highest BCUT2D eigenvalue weighted by atomic mass is 33.2. The molecular weight excluding hydrogens is 443 g/mol. The molecule has 0 aromatic rings. The van der Waals surface area contributed by atoms with Crippen molar-refractivity contribution in [2.75, 3.05) is 0 Å². The van der Waals surface area contributed by atoms with Crippen molar-refractivity contribution in [2.24, 2.45) is 0 Å². The molecule has 0 unspecified atom stereocenters. The van der Waals surface area contributed by atoms with Crippen LogP contribution in [0.2, 0.25) is 0 Å². The molecule has 132 valence electrons. The number of rotatable bonds is 6. The summed E-state index contributed by atoms with van der Waals surface area (Å²) in [6, 6.07) is 0. The summed E-state index contributed by atoms with van der Waals surface area (Å²) in [5.74, 6) is 0. The lowest BCUT2D eigenvalue weighted by atomic mass is 11.6. The molecule has 0 radical (unpaired) electrons. The molecule has 0 aliphatic carbocycles. The summed E-state index contributed by atoms with van der Waals surface area (Å²) >= 11 is 0. The van der Waals surface area contributed by atoms with E-state index in [1.165, 1.54) is 0 Å². The van der Waals surface area contributed by atoms with Crippen molar-refractivity contribution in [1.82, 2.24) is 0 Å². The lowest BCUT2D eigenvalue weighted by Gasteiger charge is -2.13. The molecule has 0 aromatic carbocycles.